The molecule has 2 N–H and O–H groups in total. The van der Waals surface area contributed by atoms with Gasteiger partial charge in [-0.2, -0.15) is 0 Å². The van der Waals surface area contributed by atoms with Crippen molar-refractivity contribution in [1.82, 2.24) is 15.5 Å². The number of amides is 3. The number of para-hydroxylation sites is 1. The van der Waals surface area contributed by atoms with Gasteiger partial charge in [-0.15, -0.1) is 0 Å². The van der Waals surface area contributed by atoms with Crippen LogP contribution in [0.1, 0.15) is 18.4 Å². The average molecular weight is 440 g/mol. The molecule has 1 saturated heterocycles. The third-order valence-electron chi connectivity index (χ3n) is 5.44. The predicted octanol–water partition coefficient (Wildman–Crippen LogP) is 1.75. The molecule has 1 aliphatic rings. The maximum absolute atomic E-state index is 12.3. The number of ether oxygens (including phenoxy) is 2. The minimum Gasteiger partial charge on any atom is -0.497 e. The van der Waals surface area contributed by atoms with Crippen LogP contribution in [-0.2, 0) is 20.9 Å². The Balaban J connectivity index is 1.31. The first-order valence-corrected chi connectivity index (χ1v) is 10.7. The number of benzene rings is 2. The van der Waals surface area contributed by atoms with E-state index in [1.165, 1.54) is 0 Å². The molecule has 8 nitrogen and oxygen atoms in total. The van der Waals surface area contributed by atoms with E-state index in [-0.39, 0.29) is 25.0 Å². The Morgan fingerprint density at radius 1 is 0.906 bits per heavy atom. The van der Waals surface area contributed by atoms with E-state index in [9.17, 15) is 14.4 Å². The number of hydrogen-bond donors (Lipinski definition) is 2. The van der Waals surface area contributed by atoms with Crippen molar-refractivity contribution < 1.29 is 23.9 Å². The van der Waals surface area contributed by atoms with Gasteiger partial charge in [0.25, 0.3) is 5.91 Å². The summed E-state index contributed by atoms with van der Waals surface area (Å²) in [6.45, 7) is 1.92. The van der Waals surface area contributed by atoms with E-state index in [4.69, 9.17) is 9.47 Å². The molecule has 0 radical (unpaired) electrons. The second-order valence-electron chi connectivity index (χ2n) is 7.67. The molecule has 0 spiro atoms. The fourth-order valence-electron chi connectivity index (χ4n) is 3.46. The van der Waals surface area contributed by atoms with Gasteiger partial charge in [0.2, 0.25) is 0 Å². The summed E-state index contributed by atoms with van der Waals surface area (Å²) >= 11 is 0. The van der Waals surface area contributed by atoms with Crippen molar-refractivity contribution in [1.29, 1.82) is 0 Å². The highest BCUT2D eigenvalue weighted by Gasteiger charge is 2.24. The fourth-order valence-corrected chi connectivity index (χ4v) is 3.46. The van der Waals surface area contributed by atoms with Crippen LogP contribution in [0.5, 0.6) is 11.5 Å². The predicted molar refractivity (Wildman–Crippen MR) is 119 cm³/mol. The lowest BCUT2D eigenvalue weighted by molar-refractivity contribution is -0.139. The van der Waals surface area contributed by atoms with Crippen molar-refractivity contribution in [3.8, 4) is 11.5 Å². The number of nitrogens with one attached hydrogen (secondary N) is 2. The lowest BCUT2D eigenvalue weighted by Gasteiger charge is -2.32. The standard InChI is InChI=1S/C24H29N3O5/c1-31-20-9-7-18(8-10-20)15-25-23(29)24(30)26-16-19-11-13-27(14-12-19)22(28)17-32-21-5-3-2-4-6-21/h2-10,19H,11-17H2,1H3,(H,25,29)(H,26,30). The molecule has 1 aliphatic heterocycles. The van der Waals surface area contributed by atoms with Crippen molar-refractivity contribution in [3.63, 3.8) is 0 Å². The SMILES string of the molecule is COc1ccc(CNC(=O)C(=O)NCC2CCN(C(=O)COc3ccccc3)CC2)cc1. The maximum Gasteiger partial charge on any atom is 0.309 e. The lowest BCUT2D eigenvalue weighted by Crippen LogP contribution is -2.45. The Kier molecular flexibility index (Phi) is 8.48. The van der Waals surface area contributed by atoms with Crippen LogP contribution in [0.3, 0.4) is 0 Å². The minimum absolute atomic E-state index is 0.0137. The number of carbonyl (C=O) groups excluding carboxylic acids is 3. The first kappa shape index (κ1) is 23.1. The number of methoxy groups -OCH3 is 1. The Bertz CT molecular complexity index is 894. The molecule has 0 aromatic heterocycles. The number of piperidine rings is 1. The van der Waals surface area contributed by atoms with Crippen LogP contribution in [0.4, 0.5) is 0 Å². The topological polar surface area (TPSA) is 97.0 Å². The molecule has 0 bridgehead atoms. The normalized spacial score (nSPS) is 13.8. The van der Waals surface area contributed by atoms with Gasteiger partial charge in [0, 0.05) is 26.2 Å². The Morgan fingerprint density at radius 3 is 2.22 bits per heavy atom. The smallest absolute Gasteiger partial charge is 0.309 e. The maximum atomic E-state index is 12.3. The van der Waals surface area contributed by atoms with E-state index in [0.717, 1.165) is 24.2 Å². The lowest BCUT2D eigenvalue weighted by atomic mass is 9.96. The largest absolute Gasteiger partial charge is 0.497 e. The van der Waals surface area contributed by atoms with Crippen molar-refractivity contribution in [2.75, 3.05) is 33.4 Å². The molecular formula is C24H29N3O5. The van der Waals surface area contributed by atoms with Gasteiger partial charge in [0.1, 0.15) is 11.5 Å². The van der Waals surface area contributed by atoms with Crippen LogP contribution in [0.25, 0.3) is 0 Å². The van der Waals surface area contributed by atoms with Gasteiger partial charge >= 0.3 is 11.8 Å². The Hall–Kier alpha value is -3.55. The third kappa shape index (κ3) is 7.01. The van der Waals surface area contributed by atoms with Crippen LogP contribution in [0.2, 0.25) is 0 Å². The van der Waals surface area contributed by atoms with Crippen LogP contribution in [0.15, 0.2) is 54.6 Å². The zero-order chi connectivity index (χ0) is 22.8. The second-order valence-corrected chi connectivity index (χ2v) is 7.67. The number of nitrogens with zero attached hydrogens (tertiary/aromatic N) is 1. The molecule has 170 valence electrons. The highest BCUT2D eigenvalue weighted by Crippen LogP contribution is 2.17. The quantitative estimate of drug-likeness (QED) is 0.611. The molecule has 3 amide bonds. The van der Waals surface area contributed by atoms with Crippen LogP contribution in [0, 0.1) is 5.92 Å². The zero-order valence-electron chi connectivity index (χ0n) is 18.2. The molecule has 0 unspecified atom stereocenters. The molecule has 3 rings (SSSR count). The van der Waals surface area contributed by atoms with Gasteiger partial charge in [-0.25, -0.2) is 0 Å². The van der Waals surface area contributed by atoms with Gasteiger partial charge < -0.3 is 25.0 Å². The molecule has 0 aliphatic carbocycles. The van der Waals surface area contributed by atoms with Crippen molar-refractivity contribution in [3.05, 3.63) is 60.2 Å². The number of hydrogen-bond acceptors (Lipinski definition) is 5. The van der Waals surface area contributed by atoms with E-state index in [2.05, 4.69) is 10.6 Å². The summed E-state index contributed by atoms with van der Waals surface area (Å²) in [6, 6.07) is 16.5. The van der Waals surface area contributed by atoms with Crippen LogP contribution >= 0.6 is 0 Å². The average Bonchev–Trinajstić information content (AvgIpc) is 2.85. The van der Waals surface area contributed by atoms with Gasteiger partial charge in [-0.3, -0.25) is 14.4 Å². The first-order valence-electron chi connectivity index (χ1n) is 10.7. The van der Waals surface area contributed by atoms with Crippen molar-refractivity contribution >= 4 is 17.7 Å². The van der Waals surface area contributed by atoms with E-state index in [0.29, 0.717) is 25.4 Å². The van der Waals surface area contributed by atoms with Gasteiger partial charge in [-0.1, -0.05) is 30.3 Å². The molecule has 0 saturated carbocycles. The second kappa shape index (κ2) is 11.7. The summed E-state index contributed by atoms with van der Waals surface area (Å²) in [5, 5.41) is 5.31. The molecule has 0 atom stereocenters. The summed E-state index contributed by atoms with van der Waals surface area (Å²) in [5.74, 6) is 0.277. The molecule has 1 heterocycles. The molecule has 8 heteroatoms. The molecule has 32 heavy (non-hydrogen) atoms. The number of rotatable bonds is 8. The van der Waals surface area contributed by atoms with Crippen molar-refractivity contribution in [2.24, 2.45) is 5.92 Å². The van der Waals surface area contributed by atoms with E-state index < -0.39 is 11.8 Å². The van der Waals surface area contributed by atoms with E-state index >= 15 is 0 Å². The molecule has 1 fully saturated rings. The summed E-state index contributed by atoms with van der Waals surface area (Å²) in [7, 11) is 1.59. The third-order valence-corrected chi connectivity index (χ3v) is 5.44. The van der Waals surface area contributed by atoms with Gasteiger partial charge in [0.05, 0.1) is 7.11 Å². The number of carbonyl (C=O) groups is 3. The van der Waals surface area contributed by atoms with E-state index in [1.807, 2.05) is 42.5 Å². The van der Waals surface area contributed by atoms with Crippen LogP contribution in [-0.4, -0.2) is 56.0 Å². The Morgan fingerprint density at radius 2 is 1.56 bits per heavy atom. The molecular weight excluding hydrogens is 410 g/mol. The van der Waals surface area contributed by atoms with Crippen LogP contribution < -0.4 is 20.1 Å². The summed E-state index contributed by atoms with van der Waals surface area (Å²) in [4.78, 5) is 38.2. The Labute approximate surface area is 187 Å². The van der Waals surface area contributed by atoms with Gasteiger partial charge in [0.15, 0.2) is 6.61 Å². The summed E-state index contributed by atoms with van der Waals surface area (Å²) in [6.07, 6.45) is 1.54. The molecule has 2 aromatic carbocycles. The first-order chi connectivity index (χ1) is 15.5. The monoisotopic (exact) mass is 439 g/mol. The zero-order valence-corrected chi connectivity index (χ0v) is 18.2. The number of likely N-dealkylation sites (tertiary alicyclic amines) is 1. The fraction of sp³-hybridized carbons (Fsp3) is 0.375. The highest BCUT2D eigenvalue weighted by molar-refractivity contribution is 6.35. The summed E-state index contributed by atoms with van der Waals surface area (Å²) in [5.41, 5.74) is 0.875. The van der Waals surface area contributed by atoms with E-state index in [1.54, 1.807) is 24.1 Å². The summed E-state index contributed by atoms with van der Waals surface area (Å²) < 4.78 is 10.6. The van der Waals surface area contributed by atoms with Crippen molar-refractivity contribution in [2.45, 2.75) is 19.4 Å². The minimum atomic E-state index is -0.661. The highest BCUT2D eigenvalue weighted by atomic mass is 16.5. The molecule has 2 aromatic rings. The van der Waals surface area contributed by atoms with Gasteiger partial charge in [-0.05, 0) is 48.6 Å².